The molecule has 0 unspecified atom stereocenters. The third kappa shape index (κ3) is 3.94. The number of carbonyl (C=O) groups excluding carboxylic acids is 2. The number of anilines is 1. The first-order valence-corrected chi connectivity index (χ1v) is 12.8. The summed E-state index contributed by atoms with van der Waals surface area (Å²) in [5, 5.41) is 7.49. The van der Waals surface area contributed by atoms with Gasteiger partial charge < -0.3 is 16.0 Å². The van der Waals surface area contributed by atoms with Gasteiger partial charge >= 0.3 is 6.03 Å². The second-order valence-corrected chi connectivity index (χ2v) is 11.0. The second kappa shape index (κ2) is 7.98. The molecule has 34 heavy (non-hydrogen) atoms. The molecule has 2 aromatic carbocycles. The molecule has 1 aromatic heterocycles. The van der Waals surface area contributed by atoms with Crippen LogP contribution in [0.3, 0.4) is 0 Å². The topological polar surface area (TPSA) is 127 Å². The van der Waals surface area contributed by atoms with Crippen LogP contribution in [-0.2, 0) is 34.4 Å². The third-order valence-corrected chi connectivity index (χ3v) is 8.00. The summed E-state index contributed by atoms with van der Waals surface area (Å²) in [5.41, 5.74) is 12.2. The Kier molecular flexibility index (Phi) is 5.20. The maximum Gasteiger partial charge on any atom is 0.322 e. The zero-order chi connectivity index (χ0) is 24.2. The summed E-state index contributed by atoms with van der Waals surface area (Å²) in [6.45, 7) is 5.03. The molecular weight excluding hydrogens is 454 g/mol. The van der Waals surface area contributed by atoms with E-state index in [1.54, 1.807) is 27.8 Å². The largest absolute Gasteiger partial charge is 0.365 e. The minimum absolute atomic E-state index is 0.0157. The lowest BCUT2D eigenvalue weighted by Gasteiger charge is -2.28. The molecule has 10 heteroatoms. The minimum Gasteiger partial charge on any atom is -0.365 e. The first-order valence-electron chi connectivity index (χ1n) is 11.0. The van der Waals surface area contributed by atoms with E-state index < -0.39 is 15.7 Å². The number of fused-ring (bicyclic) bond motifs is 2. The van der Waals surface area contributed by atoms with Crippen LogP contribution in [0, 0.1) is 13.8 Å². The van der Waals surface area contributed by atoms with Crippen molar-refractivity contribution in [3.8, 4) is 11.3 Å². The molecule has 9 nitrogen and oxygen atoms in total. The van der Waals surface area contributed by atoms with Crippen molar-refractivity contribution in [3.63, 3.8) is 0 Å². The molecule has 0 aliphatic carbocycles. The number of benzene rings is 2. The average Bonchev–Trinajstić information content (AvgIpc) is 3.30. The van der Waals surface area contributed by atoms with E-state index in [0.717, 1.165) is 22.3 Å². The fraction of sp³-hybridized carbons (Fsp3) is 0.292. The standard InChI is InChI=1S/C24H25N5O4S/c1-14-3-4-16(9-15(14)2)22-21(23(25)30)20-11-28(7-8-29(20)27-22)24(31)26-19-6-5-17-12-34(32,33)13-18(17)10-19/h3-6,9-10H,7-8,11-13H2,1-2H3,(H2,25,30)(H,26,31). The van der Waals surface area contributed by atoms with Crippen molar-refractivity contribution in [3.05, 3.63) is 69.9 Å². The molecule has 3 heterocycles. The van der Waals surface area contributed by atoms with Crippen LogP contribution in [0.1, 0.15) is 38.3 Å². The first kappa shape index (κ1) is 22.1. The molecule has 0 atom stereocenters. The summed E-state index contributed by atoms with van der Waals surface area (Å²) in [6, 6.07) is 10.7. The molecule has 0 radical (unpaired) electrons. The van der Waals surface area contributed by atoms with Gasteiger partial charge in [-0.2, -0.15) is 5.10 Å². The number of primary amides is 1. The van der Waals surface area contributed by atoms with Crippen molar-refractivity contribution in [2.75, 3.05) is 11.9 Å². The number of aromatic nitrogens is 2. The van der Waals surface area contributed by atoms with E-state index in [0.29, 0.717) is 41.3 Å². The number of sulfone groups is 1. The van der Waals surface area contributed by atoms with Crippen molar-refractivity contribution in [1.29, 1.82) is 0 Å². The van der Waals surface area contributed by atoms with Gasteiger partial charge in [-0.15, -0.1) is 0 Å². The predicted octanol–water partition coefficient (Wildman–Crippen LogP) is 2.74. The number of nitrogens with two attached hydrogens (primary N) is 1. The molecule has 2 aliphatic rings. The highest BCUT2D eigenvalue weighted by atomic mass is 32.2. The molecule has 0 spiro atoms. The lowest BCUT2D eigenvalue weighted by Crippen LogP contribution is -2.41. The van der Waals surface area contributed by atoms with E-state index in [2.05, 4.69) is 10.4 Å². The van der Waals surface area contributed by atoms with Gasteiger partial charge in [-0.05, 0) is 54.3 Å². The maximum absolute atomic E-state index is 13.0. The number of carbonyl (C=O) groups is 2. The highest BCUT2D eigenvalue weighted by Gasteiger charge is 2.30. The SMILES string of the molecule is Cc1ccc(-c2nn3c(c2C(N)=O)CN(C(=O)Nc2ccc4c(c2)CS(=O)(=O)C4)CC3)cc1C. The lowest BCUT2D eigenvalue weighted by molar-refractivity contribution is 0.0997. The van der Waals surface area contributed by atoms with Gasteiger partial charge in [0, 0.05) is 17.8 Å². The quantitative estimate of drug-likeness (QED) is 0.597. The van der Waals surface area contributed by atoms with E-state index in [-0.39, 0.29) is 24.1 Å². The van der Waals surface area contributed by atoms with Crippen LogP contribution in [0.2, 0.25) is 0 Å². The molecule has 0 bridgehead atoms. The zero-order valence-electron chi connectivity index (χ0n) is 19.0. The summed E-state index contributed by atoms with van der Waals surface area (Å²) in [7, 11) is -3.12. The van der Waals surface area contributed by atoms with Crippen LogP contribution in [0.25, 0.3) is 11.3 Å². The first-order chi connectivity index (χ1) is 16.1. The average molecular weight is 480 g/mol. The molecule has 176 valence electrons. The van der Waals surface area contributed by atoms with Gasteiger partial charge in [0.15, 0.2) is 9.84 Å². The number of aryl methyl sites for hydroxylation is 2. The Morgan fingerprint density at radius 1 is 1.00 bits per heavy atom. The number of nitrogens with one attached hydrogen (secondary N) is 1. The van der Waals surface area contributed by atoms with Crippen LogP contribution in [0.4, 0.5) is 10.5 Å². The lowest BCUT2D eigenvalue weighted by atomic mass is 10.0. The van der Waals surface area contributed by atoms with Crippen molar-refractivity contribution in [2.24, 2.45) is 5.73 Å². The van der Waals surface area contributed by atoms with Gasteiger partial charge in [-0.1, -0.05) is 18.2 Å². The Bertz CT molecular complexity index is 1460. The van der Waals surface area contributed by atoms with Crippen molar-refractivity contribution in [1.82, 2.24) is 14.7 Å². The maximum atomic E-state index is 13.0. The number of hydrogen-bond acceptors (Lipinski definition) is 5. The summed E-state index contributed by atoms with van der Waals surface area (Å²) < 4.78 is 25.5. The third-order valence-electron chi connectivity index (χ3n) is 6.50. The molecule has 5 rings (SSSR count). The van der Waals surface area contributed by atoms with Gasteiger partial charge in [-0.3, -0.25) is 9.48 Å². The molecular formula is C24H25N5O4S. The predicted molar refractivity (Wildman–Crippen MR) is 128 cm³/mol. The summed E-state index contributed by atoms with van der Waals surface area (Å²) >= 11 is 0. The second-order valence-electron chi connectivity index (χ2n) is 8.92. The fourth-order valence-electron chi connectivity index (χ4n) is 4.55. The Hall–Kier alpha value is -3.66. The van der Waals surface area contributed by atoms with E-state index in [4.69, 9.17) is 5.73 Å². The number of amides is 3. The van der Waals surface area contributed by atoms with E-state index in [9.17, 15) is 18.0 Å². The van der Waals surface area contributed by atoms with Crippen LogP contribution < -0.4 is 11.1 Å². The molecule has 3 N–H and O–H groups in total. The molecule has 2 aliphatic heterocycles. The summed E-state index contributed by atoms with van der Waals surface area (Å²) in [4.78, 5) is 27.0. The summed E-state index contributed by atoms with van der Waals surface area (Å²) in [5.74, 6) is -0.569. The number of hydrogen-bond donors (Lipinski definition) is 2. The monoisotopic (exact) mass is 479 g/mol. The fourth-order valence-corrected chi connectivity index (χ4v) is 6.15. The molecule has 3 aromatic rings. The van der Waals surface area contributed by atoms with Crippen molar-refractivity contribution >= 4 is 27.5 Å². The highest BCUT2D eigenvalue weighted by Crippen LogP contribution is 2.30. The van der Waals surface area contributed by atoms with Crippen molar-refractivity contribution < 1.29 is 18.0 Å². The Morgan fingerprint density at radius 2 is 1.76 bits per heavy atom. The van der Waals surface area contributed by atoms with Gasteiger partial charge in [0.1, 0.15) is 5.69 Å². The van der Waals surface area contributed by atoms with Crippen LogP contribution >= 0.6 is 0 Å². The zero-order valence-corrected chi connectivity index (χ0v) is 19.8. The van der Waals surface area contributed by atoms with Gasteiger partial charge in [0.2, 0.25) is 0 Å². The van der Waals surface area contributed by atoms with Gasteiger partial charge in [-0.25, -0.2) is 13.2 Å². The molecule has 0 saturated heterocycles. The number of urea groups is 1. The Labute approximate surface area is 197 Å². The molecule has 0 fully saturated rings. The van der Waals surface area contributed by atoms with E-state index >= 15 is 0 Å². The minimum atomic E-state index is -3.12. The van der Waals surface area contributed by atoms with Crippen molar-refractivity contribution in [2.45, 2.75) is 38.4 Å². The van der Waals surface area contributed by atoms with Gasteiger partial charge in [0.05, 0.1) is 35.9 Å². The van der Waals surface area contributed by atoms with Crippen LogP contribution in [0.15, 0.2) is 36.4 Å². The van der Waals surface area contributed by atoms with Gasteiger partial charge in [0.25, 0.3) is 5.91 Å². The number of nitrogens with zero attached hydrogens (tertiary/aromatic N) is 3. The van der Waals surface area contributed by atoms with Crippen LogP contribution in [-0.4, -0.2) is 41.6 Å². The Balaban J connectivity index is 1.40. The molecule has 3 amide bonds. The number of rotatable bonds is 3. The molecule has 0 saturated carbocycles. The Morgan fingerprint density at radius 3 is 2.50 bits per heavy atom. The smallest absolute Gasteiger partial charge is 0.322 e. The van der Waals surface area contributed by atoms with Crippen LogP contribution in [0.5, 0.6) is 0 Å². The van der Waals surface area contributed by atoms with E-state index in [1.807, 2.05) is 32.0 Å². The van der Waals surface area contributed by atoms with E-state index in [1.165, 1.54) is 0 Å². The summed E-state index contributed by atoms with van der Waals surface area (Å²) in [6.07, 6.45) is 0. The normalized spacial score (nSPS) is 16.1. The highest BCUT2D eigenvalue weighted by molar-refractivity contribution is 7.90.